The maximum atomic E-state index is 15.4. The molecule has 4 N–H and O–H groups in total. The Morgan fingerprint density at radius 2 is 1.82 bits per heavy atom. The number of urea groups is 1. The molecule has 2 saturated heterocycles. The number of β-amino-alcohol motifs (C(OH)–C–C–N with tert-alkyl or cyclic N) is 1. The van der Waals surface area contributed by atoms with Crippen molar-refractivity contribution in [3.8, 4) is 11.5 Å². The first-order chi connectivity index (χ1) is 18.2. The van der Waals surface area contributed by atoms with Crippen molar-refractivity contribution >= 4 is 6.03 Å². The van der Waals surface area contributed by atoms with E-state index in [9.17, 15) is 19.4 Å². The second-order valence-electron chi connectivity index (χ2n) is 10.3. The van der Waals surface area contributed by atoms with Crippen molar-refractivity contribution in [2.45, 2.75) is 49.9 Å². The predicted molar refractivity (Wildman–Crippen MR) is 138 cm³/mol. The van der Waals surface area contributed by atoms with Gasteiger partial charge in [0.25, 0.3) is 0 Å². The first-order valence-corrected chi connectivity index (χ1v) is 13.1. The van der Waals surface area contributed by atoms with Crippen LogP contribution in [0, 0.1) is 17.6 Å². The van der Waals surface area contributed by atoms with Crippen molar-refractivity contribution in [2.75, 3.05) is 39.9 Å². The zero-order chi connectivity index (χ0) is 27.3. The maximum absolute atomic E-state index is 15.4. The SMILES string of the molecule is COCCCC[C@@](O)(c1cc(Oc2ccc(F)cc2)ccc1F)[C@@H]1CCCN(C(=O)N2C[C@@H](N)[C@@H](O)C2)C1. The highest BCUT2D eigenvalue weighted by atomic mass is 19.1. The molecular weight excluding hydrogens is 496 g/mol. The number of unbranched alkanes of at least 4 members (excludes halogenated alkanes) is 1. The molecule has 38 heavy (non-hydrogen) atoms. The molecule has 0 bridgehead atoms. The number of benzene rings is 2. The Morgan fingerprint density at radius 1 is 1.08 bits per heavy atom. The van der Waals surface area contributed by atoms with Crippen LogP contribution in [-0.2, 0) is 10.3 Å². The number of hydrogen-bond acceptors (Lipinski definition) is 6. The summed E-state index contributed by atoms with van der Waals surface area (Å²) in [6.07, 6.45) is 2.03. The molecule has 4 atom stereocenters. The van der Waals surface area contributed by atoms with E-state index in [-0.39, 0.29) is 37.6 Å². The highest BCUT2D eigenvalue weighted by Gasteiger charge is 2.44. The van der Waals surface area contributed by atoms with Crippen molar-refractivity contribution in [3.63, 3.8) is 0 Å². The van der Waals surface area contributed by atoms with Gasteiger partial charge in [0.2, 0.25) is 0 Å². The Hall–Kier alpha value is -2.79. The van der Waals surface area contributed by atoms with E-state index in [1.807, 2.05) is 0 Å². The summed E-state index contributed by atoms with van der Waals surface area (Å²) in [5.41, 5.74) is 4.43. The normalized spacial score (nSPS) is 23.4. The Bertz CT molecular complexity index is 1080. The number of ether oxygens (including phenoxy) is 2. The summed E-state index contributed by atoms with van der Waals surface area (Å²) in [7, 11) is 1.61. The molecule has 0 aliphatic carbocycles. The minimum Gasteiger partial charge on any atom is -0.457 e. The van der Waals surface area contributed by atoms with Crippen LogP contribution < -0.4 is 10.5 Å². The number of carbonyl (C=O) groups is 1. The van der Waals surface area contributed by atoms with Gasteiger partial charge in [-0.3, -0.25) is 0 Å². The van der Waals surface area contributed by atoms with Gasteiger partial charge in [0, 0.05) is 57.4 Å². The van der Waals surface area contributed by atoms with E-state index < -0.39 is 35.3 Å². The average Bonchev–Trinajstić information content (AvgIpc) is 3.26. The number of methoxy groups -OCH3 is 1. The molecule has 2 fully saturated rings. The van der Waals surface area contributed by atoms with Gasteiger partial charge in [0.1, 0.15) is 23.1 Å². The van der Waals surface area contributed by atoms with Gasteiger partial charge in [-0.25, -0.2) is 13.6 Å². The third-order valence-electron chi connectivity index (χ3n) is 7.58. The largest absolute Gasteiger partial charge is 0.457 e. The first-order valence-electron chi connectivity index (χ1n) is 13.1. The summed E-state index contributed by atoms with van der Waals surface area (Å²) in [5, 5.41) is 22.2. The number of carbonyl (C=O) groups excluding carboxylic acids is 1. The number of halogens is 2. The van der Waals surface area contributed by atoms with Crippen molar-refractivity contribution in [1.82, 2.24) is 9.80 Å². The second-order valence-corrected chi connectivity index (χ2v) is 10.3. The molecule has 2 amide bonds. The Labute approximate surface area is 221 Å². The molecule has 0 radical (unpaired) electrons. The standard InChI is InChI=1S/C28H37F2N3O5/c1-37-14-3-2-12-28(36,19-5-4-13-32(16-19)27(35)33-17-25(31)26(34)18-33)23-15-22(10-11-24(23)30)38-21-8-6-20(29)7-9-21/h6-11,15,19,25-26,34,36H,2-5,12-14,16-18,31H2,1H3/t19-,25-,26+,28+/m1/s1. The number of nitrogens with two attached hydrogens (primary N) is 1. The fraction of sp³-hybridized carbons (Fsp3) is 0.536. The van der Waals surface area contributed by atoms with Crippen LogP contribution in [0.2, 0.25) is 0 Å². The molecular formula is C28H37F2N3O5. The Morgan fingerprint density at radius 3 is 2.50 bits per heavy atom. The van der Waals surface area contributed by atoms with E-state index in [0.29, 0.717) is 50.3 Å². The Balaban J connectivity index is 1.59. The van der Waals surface area contributed by atoms with Crippen molar-refractivity contribution < 1.29 is 33.3 Å². The molecule has 2 aromatic rings. The highest BCUT2D eigenvalue weighted by molar-refractivity contribution is 5.75. The molecule has 0 spiro atoms. The molecule has 0 saturated carbocycles. The average molecular weight is 534 g/mol. The molecule has 4 rings (SSSR count). The van der Waals surface area contributed by atoms with Crippen molar-refractivity contribution in [3.05, 3.63) is 59.7 Å². The smallest absolute Gasteiger partial charge is 0.320 e. The lowest BCUT2D eigenvalue weighted by Crippen LogP contribution is -2.52. The lowest BCUT2D eigenvalue weighted by Gasteiger charge is -2.43. The van der Waals surface area contributed by atoms with E-state index in [1.165, 1.54) is 47.4 Å². The van der Waals surface area contributed by atoms with Crippen LogP contribution in [0.4, 0.5) is 13.6 Å². The molecule has 2 heterocycles. The quantitative estimate of drug-likeness (QED) is 0.425. The molecule has 208 valence electrons. The number of amides is 2. The molecule has 2 aliphatic rings. The number of hydrogen-bond donors (Lipinski definition) is 3. The van der Waals surface area contributed by atoms with Gasteiger partial charge in [0.15, 0.2) is 0 Å². The van der Waals surface area contributed by atoms with E-state index in [0.717, 1.165) is 0 Å². The van der Waals surface area contributed by atoms with Gasteiger partial charge >= 0.3 is 6.03 Å². The fourth-order valence-electron chi connectivity index (χ4n) is 5.45. The van der Waals surface area contributed by atoms with Crippen LogP contribution in [0.5, 0.6) is 11.5 Å². The molecule has 2 aliphatic heterocycles. The third kappa shape index (κ3) is 6.43. The maximum Gasteiger partial charge on any atom is 0.320 e. The van der Waals surface area contributed by atoms with E-state index >= 15 is 4.39 Å². The number of nitrogens with zero attached hydrogens (tertiary/aromatic N) is 2. The summed E-state index contributed by atoms with van der Waals surface area (Å²) >= 11 is 0. The van der Waals surface area contributed by atoms with Crippen LogP contribution in [0.15, 0.2) is 42.5 Å². The predicted octanol–water partition coefficient (Wildman–Crippen LogP) is 3.60. The lowest BCUT2D eigenvalue weighted by atomic mass is 9.74. The summed E-state index contributed by atoms with van der Waals surface area (Å²) < 4.78 is 39.6. The lowest BCUT2D eigenvalue weighted by molar-refractivity contribution is -0.0600. The molecule has 0 aromatic heterocycles. The highest BCUT2D eigenvalue weighted by Crippen LogP contribution is 2.42. The van der Waals surface area contributed by atoms with Gasteiger partial charge in [-0.2, -0.15) is 0 Å². The second kappa shape index (κ2) is 12.4. The van der Waals surface area contributed by atoms with Gasteiger partial charge in [0.05, 0.1) is 11.7 Å². The van der Waals surface area contributed by atoms with Crippen LogP contribution in [0.3, 0.4) is 0 Å². The first kappa shape index (κ1) is 28.2. The third-order valence-corrected chi connectivity index (χ3v) is 7.58. The zero-order valence-corrected chi connectivity index (χ0v) is 21.7. The molecule has 10 heteroatoms. The van der Waals surface area contributed by atoms with E-state index in [4.69, 9.17) is 15.2 Å². The van der Waals surface area contributed by atoms with Crippen molar-refractivity contribution in [2.24, 2.45) is 11.7 Å². The summed E-state index contributed by atoms with van der Waals surface area (Å²) in [6.45, 7) is 1.69. The number of aliphatic hydroxyl groups excluding tert-OH is 1. The molecule has 8 nitrogen and oxygen atoms in total. The molecule has 2 aromatic carbocycles. The van der Waals surface area contributed by atoms with Gasteiger partial charge in [-0.05, 0) is 74.6 Å². The minimum absolute atomic E-state index is 0.104. The van der Waals surface area contributed by atoms with E-state index in [2.05, 4.69) is 0 Å². The molecule has 0 unspecified atom stereocenters. The van der Waals surface area contributed by atoms with Gasteiger partial charge < -0.3 is 35.2 Å². The topological polar surface area (TPSA) is 108 Å². The summed E-state index contributed by atoms with van der Waals surface area (Å²) in [4.78, 5) is 16.4. The summed E-state index contributed by atoms with van der Waals surface area (Å²) in [5.74, 6) is -0.702. The number of rotatable bonds is 9. The van der Waals surface area contributed by atoms with Crippen LogP contribution >= 0.6 is 0 Å². The number of piperidine rings is 1. The zero-order valence-electron chi connectivity index (χ0n) is 21.7. The number of aliphatic hydroxyl groups is 2. The number of likely N-dealkylation sites (tertiary alicyclic amines) is 2. The van der Waals surface area contributed by atoms with Gasteiger partial charge in [-0.15, -0.1) is 0 Å². The monoisotopic (exact) mass is 533 g/mol. The fourth-order valence-corrected chi connectivity index (χ4v) is 5.45. The Kier molecular flexibility index (Phi) is 9.19. The van der Waals surface area contributed by atoms with E-state index in [1.54, 1.807) is 12.0 Å². The minimum atomic E-state index is -1.57. The van der Waals surface area contributed by atoms with Crippen LogP contribution in [0.1, 0.15) is 37.7 Å². The van der Waals surface area contributed by atoms with Gasteiger partial charge in [-0.1, -0.05) is 0 Å². The van der Waals surface area contributed by atoms with Crippen molar-refractivity contribution in [1.29, 1.82) is 0 Å². The van der Waals surface area contributed by atoms with Crippen LogP contribution in [0.25, 0.3) is 0 Å². The summed E-state index contributed by atoms with van der Waals surface area (Å²) in [6, 6.07) is 8.97. The van der Waals surface area contributed by atoms with Crippen LogP contribution in [-0.4, -0.2) is 78.1 Å².